The third-order valence-electron chi connectivity index (χ3n) is 5.28. The summed E-state index contributed by atoms with van der Waals surface area (Å²) < 4.78 is 1.87. The van der Waals surface area contributed by atoms with Crippen molar-refractivity contribution in [3.05, 3.63) is 29.3 Å². The maximum Gasteiger partial charge on any atom is 0.269 e. The molecule has 2 aliphatic rings. The van der Waals surface area contributed by atoms with E-state index >= 15 is 0 Å². The highest BCUT2D eigenvalue weighted by atomic mass is 32.1. The standard InChI is InChI=1S/C18H23N3OS/c1-2-7-21-16(11-15(20-21)17-4-3-8-23-17)18(22)19-14-10-12-5-6-13(14)9-12/h3-4,8,11-14H,2,5-7,9-10H2,1H3,(H,19,22). The molecule has 0 radical (unpaired) electrons. The van der Waals surface area contributed by atoms with Crippen LogP contribution >= 0.6 is 11.3 Å². The largest absolute Gasteiger partial charge is 0.348 e. The van der Waals surface area contributed by atoms with E-state index in [1.807, 2.05) is 22.2 Å². The summed E-state index contributed by atoms with van der Waals surface area (Å²) in [5.74, 6) is 1.59. The predicted octanol–water partition coefficient (Wildman–Crippen LogP) is 3.94. The zero-order valence-electron chi connectivity index (χ0n) is 13.5. The molecule has 2 aromatic heterocycles. The van der Waals surface area contributed by atoms with E-state index < -0.39 is 0 Å². The van der Waals surface area contributed by atoms with Gasteiger partial charge in [-0.05, 0) is 55.0 Å². The number of rotatable bonds is 5. The Morgan fingerprint density at radius 1 is 1.43 bits per heavy atom. The fourth-order valence-corrected chi connectivity index (χ4v) is 4.87. The highest BCUT2D eigenvalue weighted by Gasteiger charge is 2.40. The summed E-state index contributed by atoms with van der Waals surface area (Å²) in [6.45, 7) is 2.90. The molecule has 0 spiro atoms. The molecule has 0 aromatic carbocycles. The van der Waals surface area contributed by atoms with Crippen LogP contribution in [0.2, 0.25) is 0 Å². The minimum absolute atomic E-state index is 0.0475. The van der Waals surface area contributed by atoms with Gasteiger partial charge in [0.05, 0.1) is 4.88 Å². The quantitative estimate of drug-likeness (QED) is 0.903. The molecule has 0 saturated heterocycles. The Kier molecular flexibility index (Phi) is 3.97. The van der Waals surface area contributed by atoms with Crippen molar-refractivity contribution in [2.75, 3.05) is 0 Å². The van der Waals surface area contributed by atoms with Crippen LogP contribution in [-0.4, -0.2) is 21.7 Å². The van der Waals surface area contributed by atoms with Crippen LogP contribution in [0.15, 0.2) is 23.6 Å². The molecule has 2 aliphatic carbocycles. The summed E-state index contributed by atoms with van der Waals surface area (Å²) in [5.41, 5.74) is 1.62. The monoisotopic (exact) mass is 329 g/mol. The van der Waals surface area contributed by atoms with E-state index in [1.165, 1.54) is 19.3 Å². The predicted molar refractivity (Wildman–Crippen MR) is 92.5 cm³/mol. The van der Waals surface area contributed by atoms with Crippen LogP contribution in [0.25, 0.3) is 10.6 Å². The van der Waals surface area contributed by atoms with Crippen LogP contribution in [0.3, 0.4) is 0 Å². The average molecular weight is 329 g/mol. The minimum Gasteiger partial charge on any atom is -0.348 e. The highest BCUT2D eigenvalue weighted by Crippen LogP contribution is 2.44. The number of nitrogens with zero attached hydrogens (tertiary/aromatic N) is 2. The Bertz CT molecular complexity index is 691. The second-order valence-electron chi connectivity index (χ2n) is 6.87. The van der Waals surface area contributed by atoms with Crippen molar-refractivity contribution in [1.82, 2.24) is 15.1 Å². The Labute approximate surface area is 140 Å². The summed E-state index contributed by atoms with van der Waals surface area (Å²) in [7, 11) is 0. The molecule has 4 rings (SSSR count). The summed E-state index contributed by atoms with van der Waals surface area (Å²) in [4.78, 5) is 13.9. The number of thiophene rings is 1. The lowest BCUT2D eigenvalue weighted by atomic mass is 9.95. The molecular formula is C18H23N3OS. The molecule has 1 amide bonds. The minimum atomic E-state index is 0.0475. The number of aryl methyl sites for hydroxylation is 1. The van der Waals surface area contributed by atoms with Gasteiger partial charge in [0.2, 0.25) is 0 Å². The van der Waals surface area contributed by atoms with Gasteiger partial charge in [-0.15, -0.1) is 11.3 Å². The summed E-state index contributed by atoms with van der Waals surface area (Å²) in [5, 5.41) is 9.98. The Morgan fingerprint density at radius 2 is 2.35 bits per heavy atom. The smallest absolute Gasteiger partial charge is 0.269 e. The molecule has 2 saturated carbocycles. The molecule has 2 aromatic rings. The molecule has 0 aliphatic heterocycles. The lowest BCUT2D eigenvalue weighted by Crippen LogP contribution is -2.39. The number of hydrogen-bond acceptors (Lipinski definition) is 3. The number of nitrogens with one attached hydrogen (secondary N) is 1. The summed E-state index contributed by atoms with van der Waals surface area (Å²) >= 11 is 1.66. The molecule has 23 heavy (non-hydrogen) atoms. The first kappa shape index (κ1) is 14.9. The molecular weight excluding hydrogens is 306 g/mol. The Balaban J connectivity index is 1.55. The van der Waals surface area contributed by atoms with E-state index in [4.69, 9.17) is 0 Å². The molecule has 122 valence electrons. The van der Waals surface area contributed by atoms with Crippen molar-refractivity contribution >= 4 is 17.2 Å². The maximum absolute atomic E-state index is 12.8. The van der Waals surface area contributed by atoms with Crippen LogP contribution in [0.1, 0.15) is 49.5 Å². The van der Waals surface area contributed by atoms with Crippen LogP contribution in [0, 0.1) is 11.8 Å². The lowest BCUT2D eigenvalue weighted by Gasteiger charge is -2.22. The van der Waals surface area contributed by atoms with E-state index in [2.05, 4.69) is 23.4 Å². The molecule has 2 fully saturated rings. The van der Waals surface area contributed by atoms with E-state index in [0.29, 0.717) is 17.7 Å². The van der Waals surface area contributed by atoms with Crippen molar-refractivity contribution in [3.8, 4) is 10.6 Å². The van der Waals surface area contributed by atoms with Crippen molar-refractivity contribution in [3.63, 3.8) is 0 Å². The van der Waals surface area contributed by atoms with Crippen LogP contribution in [0.5, 0.6) is 0 Å². The first-order valence-corrected chi connectivity index (χ1v) is 9.55. The van der Waals surface area contributed by atoms with Crippen molar-refractivity contribution in [1.29, 1.82) is 0 Å². The number of fused-ring (bicyclic) bond motifs is 2. The second kappa shape index (κ2) is 6.11. The first-order chi connectivity index (χ1) is 11.2. The van der Waals surface area contributed by atoms with E-state index in [-0.39, 0.29) is 5.91 Å². The molecule has 5 heteroatoms. The zero-order chi connectivity index (χ0) is 15.8. The second-order valence-corrected chi connectivity index (χ2v) is 7.82. The number of aromatic nitrogens is 2. The van der Waals surface area contributed by atoms with Crippen LogP contribution in [-0.2, 0) is 6.54 Å². The molecule has 2 heterocycles. The average Bonchev–Trinajstić information content (AvgIpc) is 3.31. The normalized spacial score (nSPS) is 25.9. The van der Waals surface area contributed by atoms with Crippen molar-refractivity contribution < 1.29 is 4.79 Å². The number of hydrogen-bond donors (Lipinski definition) is 1. The number of carbonyl (C=O) groups excluding carboxylic acids is 1. The molecule has 2 bridgehead atoms. The number of carbonyl (C=O) groups is 1. The zero-order valence-corrected chi connectivity index (χ0v) is 14.3. The van der Waals surface area contributed by atoms with E-state index in [9.17, 15) is 4.79 Å². The van der Waals surface area contributed by atoms with Gasteiger partial charge in [-0.3, -0.25) is 9.48 Å². The molecule has 3 atom stereocenters. The SMILES string of the molecule is CCCn1nc(-c2cccs2)cc1C(=O)NC1CC2CCC1C2. The van der Waals surface area contributed by atoms with Gasteiger partial charge >= 0.3 is 0 Å². The third kappa shape index (κ3) is 2.82. The van der Waals surface area contributed by atoms with Crippen LogP contribution < -0.4 is 5.32 Å². The topological polar surface area (TPSA) is 46.9 Å². The molecule has 4 nitrogen and oxygen atoms in total. The van der Waals surface area contributed by atoms with Gasteiger partial charge < -0.3 is 5.32 Å². The summed E-state index contributed by atoms with van der Waals surface area (Å²) in [6.07, 6.45) is 6.08. The van der Waals surface area contributed by atoms with Gasteiger partial charge in [0.25, 0.3) is 5.91 Å². The van der Waals surface area contributed by atoms with Gasteiger partial charge in [0, 0.05) is 12.6 Å². The van der Waals surface area contributed by atoms with Gasteiger partial charge in [-0.2, -0.15) is 5.10 Å². The van der Waals surface area contributed by atoms with Crippen molar-refractivity contribution in [2.24, 2.45) is 11.8 Å². The highest BCUT2D eigenvalue weighted by molar-refractivity contribution is 7.13. The fourth-order valence-electron chi connectivity index (χ4n) is 4.19. The summed E-state index contributed by atoms with van der Waals surface area (Å²) in [6, 6.07) is 6.40. The van der Waals surface area contributed by atoms with Gasteiger partial charge in [0.1, 0.15) is 11.4 Å². The van der Waals surface area contributed by atoms with Gasteiger partial charge in [0.15, 0.2) is 0 Å². The lowest BCUT2D eigenvalue weighted by molar-refractivity contribution is 0.0911. The maximum atomic E-state index is 12.8. The van der Waals surface area contributed by atoms with Gasteiger partial charge in [-0.25, -0.2) is 0 Å². The van der Waals surface area contributed by atoms with E-state index in [0.717, 1.165) is 35.9 Å². The third-order valence-corrected chi connectivity index (χ3v) is 6.17. The van der Waals surface area contributed by atoms with E-state index in [1.54, 1.807) is 11.3 Å². The number of amides is 1. The first-order valence-electron chi connectivity index (χ1n) is 8.67. The fraction of sp³-hybridized carbons (Fsp3) is 0.556. The van der Waals surface area contributed by atoms with Crippen molar-refractivity contribution in [2.45, 2.75) is 51.6 Å². The van der Waals surface area contributed by atoms with Gasteiger partial charge in [-0.1, -0.05) is 19.4 Å². The Hall–Kier alpha value is -1.62. The van der Waals surface area contributed by atoms with Crippen LogP contribution in [0.4, 0.5) is 0 Å². The Morgan fingerprint density at radius 3 is 3.00 bits per heavy atom. The molecule has 1 N–H and O–H groups in total. The molecule has 3 unspecified atom stereocenters.